The number of carbonyl (C=O) groups is 2. The van der Waals surface area contributed by atoms with Gasteiger partial charge in [0, 0.05) is 0 Å². The number of hydrogen-bond donors (Lipinski definition) is 1. The van der Waals surface area contributed by atoms with Gasteiger partial charge in [0.15, 0.2) is 0 Å². The molecule has 1 aromatic carbocycles. The Labute approximate surface area is 107 Å². The predicted molar refractivity (Wildman–Crippen MR) is 68.0 cm³/mol. The number of ether oxygens (including phenoxy) is 1. The number of aryl methyl sites for hydroxylation is 1. The van der Waals surface area contributed by atoms with Crippen molar-refractivity contribution in [2.45, 2.75) is 40.2 Å². The molecule has 1 N–H and O–H groups in total. The number of rotatable bonds is 2. The van der Waals surface area contributed by atoms with Crippen LogP contribution in [0.1, 0.15) is 52.6 Å². The van der Waals surface area contributed by atoms with E-state index in [1.165, 1.54) is 0 Å². The molecule has 0 amide bonds. The lowest BCUT2D eigenvalue weighted by Crippen LogP contribution is -2.24. The molecule has 18 heavy (non-hydrogen) atoms. The number of aromatic carboxylic acids is 1. The van der Waals surface area contributed by atoms with Crippen molar-refractivity contribution in [1.82, 2.24) is 0 Å². The second-order valence-corrected chi connectivity index (χ2v) is 5.24. The Bertz CT molecular complexity index is 495. The second-order valence-electron chi connectivity index (χ2n) is 5.24. The molecule has 4 heteroatoms. The molecule has 0 fully saturated rings. The Balaban J connectivity index is 3.24. The van der Waals surface area contributed by atoms with E-state index in [9.17, 15) is 9.59 Å². The van der Waals surface area contributed by atoms with Crippen molar-refractivity contribution in [2.24, 2.45) is 0 Å². The SMILES string of the molecule is Cc1ccc(C(=O)OC(C)(C)C)c(C)c1C(=O)O. The molecule has 1 rings (SSSR count). The van der Waals surface area contributed by atoms with Gasteiger partial charge in [0.2, 0.25) is 0 Å². The van der Waals surface area contributed by atoms with Crippen LogP contribution < -0.4 is 0 Å². The average Bonchev–Trinajstić information content (AvgIpc) is 2.13. The van der Waals surface area contributed by atoms with Gasteiger partial charge in [-0.15, -0.1) is 0 Å². The molecular weight excluding hydrogens is 232 g/mol. The highest BCUT2D eigenvalue weighted by atomic mass is 16.6. The lowest BCUT2D eigenvalue weighted by atomic mass is 9.97. The molecule has 0 spiro atoms. The van der Waals surface area contributed by atoms with Gasteiger partial charge < -0.3 is 9.84 Å². The summed E-state index contributed by atoms with van der Waals surface area (Å²) < 4.78 is 5.25. The van der Waals surface area contributed by atoms with Crippen molar-refractivity contribution in [1.29, 1.82) is 0 Å². The summed E-state index contributed by atoms with van der Waals surface area (Å²) >= 11 is 0. The molecule has 0 saturated heterocycles. The first-order valence-corrected chi connectivity index (χ1v) is 5.70. The molecule has 98 valence electrons. The van der Waals surface area contributed by atoms with E-state index in [4.69, 9.17) is 9.84 Å². The van der Waals surface area contributed by atoms with Gasteiger partial charge in [0.1, 0.15) is 5.60 Å². The zero-order valence-corrected chi connectivity index (χ0v) is 11.3. The minimum Gasteiger partial charge on any atom is -0.478 e. The van der Waals surface area contributed by atoms with Crippen LogP contribution in [-0.2, 0) is 4.74 Å². The molecule has 4 nitrogen and oxygen atoms in total. The molecule has 0 aliphatic carbocycles. The summed E-state index contributed by atoms with van der Waals surface area (Å²) in [6, 6.07) is 3.22. The van der Waals surface area contributed by atoms with Gasteiger partial charge in [-0.25, -0.2) is 9.59 Å². The summed E-state index contributed by atoms with van der Waals surface area (Å²) in [6.45, 7) is 8.64. The first kappa shape index (κ1) is 14.2. The average molecular weight is 250 g/mol. The largest absolute Gasteiger partial charge is 0.478 e. The second kappa shape index (κ2) is 4.80. The lowest BCUT2D eigenvalue weighted by molar-refractivity contribution is 0.00687. The lowest BCUT2D eigenvalue weighted by Gasteiger charge is -2.20. The zero-order valence-electron chi connectivity index (χ0n) is 11.3. The number of carbonyl (C=O) groups excluding carboxylic acids is 1. The monoisotopic (exact) mass is 250 g/mol. The van der Waals surface area contributed by atoms with E-state index in [1.807, 2.05) is 0 Å². The smallest absolute Gasteiger partial charge is 0.338 e. The summed E-state index contributed by atoms with van der Waals surface area (Å²) in [7, 11) is 0. The van der Waals surface area contributed by atoms with Crippen molar-refractivity contribution >= 4 is 11.9 Å². The van der Waals surface area contributed by atoms with E-state index < -0.39 is 17.5 Å². The molecule has 0 aliphatic heterocycles. The molecule has 0 radical (unpaired) electrons. The third kappa shape index (κ3) is 3.09. The van der Waals surface area contributed by atoms with Crippen molar-refractivity contribution in [2.75, 3.05) is 0 Å². The van der Waals surface area contributed by atoms with E-state index in [0.29, 0.717) is 16.7 Å². The van der Waals surface area contributed by atoms with Crippen LogP contribution in [-0.4, -0.2) is 22.6 Å². The maximum atomic E-state index is 12.0. The van der Waals surface area contributed by atoms with Gasteiger partial charge >= 0.3 is 11.9 Å². The standard InChI is InChI=1S/C14H18O4/c1-8-6-7-10(9(2)11(8)12(15)16)13(17)18-14(3,4)5/h6-7H,1-5H3,(H,15,16). The van der Waals surface area contributed by atoms with E-state index in [0.717, 1.165) is 0 Å². The van der Waals surface area contributed by atoms with Crippen LogP contribution in [0.4, 0.5) is 0 Å². The zero-order chi connectivity index (χ0) is 14.1. The number of carboxylic acids is 1. The highest BCUT2D eigenvalue weighted by molar-refractivity contribution is 5.98. The molecular formula is C14H18O4. The van der Waals surface area contributed by atoms with Crippen LogP contribution in [0.3, 0.4) is 0 Å². The molecule has 1 aromatic rings. The normalized spacial score (nSPS) is 11.2. The van der Waals surface area contributed by atoms with Crippen molar-refractivity contribution < 1.29 is 19.4 Å². The fourth-order valence-electron chi connectivity index (χ4n) is 1.73. The van der Waals surface area contributed by atoms with Gasteiger partial charge in [-0.3, -0.25) is 0 Å². The minimum atomic E-state index is -1.03. The van der Waals surface area contributed by atoms with Gasteiger partial charge in [-0.05, 0) is 51.8 Å². The highest BCUT2D eigenvalue weighted by Gasteiger charge is 2.22. The molecule has 0 bridgehead atoms. The highest BCUT2D eigenvalue weighted by Crippen LogP contribution is 2.21. The van der Waals surface area contributed by atoms with Gasteiger partial charge in [0.05, 0.1) is 11.1 Å². The van der Waals surface area contributed by atoms with Crippen molar-refractivity contribution in [3.63, 3.8) is 0 Å². The van der Waals surface area contributed by atoms with Gasteiger partial charge in [0.25, 0.3) is 0 Å². The Morgan fingerprint density at radius 2 is 1.72 bits per heavy atom. The topological polar surface area (TPSA) is 63.6 Å². The third-order valence-corrected chi connectivity index (χ3v) is 2.51. The van der Waals surface area contributed by atoms with E-state index in [2.05, 4.69) is 0 Å². The fraction of sp³-hybridized carbons (Fsp3) is 0.429. The number of benzene rings is 1. The van der Waals surface area contributed by atoms with Crippen LogP contribution in [0.5, 0.6) is 0 Å². The summed E-state index contributed by atoms with van der Waals surface area (Å²) in [5, 5.41) is 9.13. The summed E-state index contributed by atoms with van der Waals surface area (Å²) in [5.41, 5.74) is 0.938. The maximum absolute atomic E-state index is 12.0. The van der Waals surface area contributed by atoms with Crippen LogP contribution in [0, 0.1) is 13.8 Å². The van der Waals surface area contributed by atoms with Gasteiger partial charge in [-0.2, -0.15) is 0 Å². The van der Waals surface area contributed by atoms with Crippen LogP contribution >= 0.6 is 0 Å². The number of hydrogen-bond acceptors (Lipinski definition) is 3. The maximum Gasteiger partial charge on any atom is 0.338 e. The quantitative estimate of drug-likeness (QED) is 0.819. The van der Waals surface area contributed by atoms with Crippen LogP contribution in [0.15, 0.2) is 12.1 Å². The number of esters is 1. The van der Waals surface area contributed by atoms with Crippen molar-refractivity contribution in [3.05, 3.63) is 34.4 Å². The Kier molecular flexibility index (Phi) is 3.79. The summed E-state index contributed by atoms with van der Waals surface area (Å²) in [6.07, 6.45) is 0. The first-order valence-electron chi connectivity index (χ1n) is 5.70. The Hall–Kier alpha value is -1.84. The van der Waals surface area contributed by atoms with E-state index in [1.54, 1.807) is 46.8 Å². The van der Waals surface area contributed by atoms with Crippen LogP contribution in [0.2, 0.25) is 0 Å². The van der Waals surface area contributed by atoms with Gasteiger partial charge in [-0.1, -0.05) is 6.07 Å². The molecule has 0 atom stereocenters. The fourth-order valence-corrected chi connectivity index (χ4v) is 1.73. The summed E-state index contributed by atoms with van der Waals surface area (Å²) in [5.74, 6) is -1.53. The number of carboxylic acid groups (broad SMARTS) is 1. The predicted octanol–water partition coefficient (Wildman–Crippen LogP) is 2.96. The molecule has 0 aliphatic rings. The molecule has 0 heterocycles. The Morgan fingerprint density at radius 1 is 1.17 bits per heavy atom. The first-order chi connectivity index (χ1) is 8.13. The molecule has 0 unspecified atom stereocenters. The summed E-state index contributed by atoms with van der Waals surface area (Å²) in [4.78, 5) is 23.1. The van der Waals surface area contributed by atoms with E-state index in [-0.39, 0.29) is 5.56 Å². The molecule has 0 aromatic heterocycles. The Morgan fingerprint density at radius 3 is 2.17 bits per heavy atom. The molecule has 0 saturated carbocycles. The third-order valence-electron chi connectivity index (χ3n) is 2.51. The minimum absolute atomic E-state index is 0.165. The van der Waals surface area contributed by atoms with Crippen LogP contribution in [0.25, 0.3) is 0 Å². The van der Waals surface area contributed by atoms with Crippen molar-refractivity contribution in [3.8, 4) is 0 Å². The van der Waals surface area contributed by atoms with E-state index >= 15 is 0 Å².